The second-order valence-corrected chi connectivity index (χ2v) is 3.44. The quantitative estimate of drug-likeness (QED) is 0.600. The largest absolute Gasteiger partial charge is 0.496 e. The summed E-state index contributed by atoms with van der Waals surface area (Å²) in [7, 11) is 1.62. The predicted molar refractivity (Wildman–Crippen MR) is 61.0 cm³/mol. The summed E-state index contributed by atoms with van der Waals surface area (Å²) in [5.74, 6) is 0.951. The van der Waals surface area contributed by atoms with Gasteiger partial charge in [-0.05, 0) is 30.7 Å². The lowest BCUT2D eigenvalue weighted by Crippen LogP contribution is -1.87. The van der Waals surface area contributed by atoms with Gasteiger partial charge in [0, 0.05) is 11.6 Å². The molecule has 1 aromatic carbocycles. The number of hydrogen-bond donors (Lipinski definition) is 0. The van der Waals surface area contributed by atoms with Crippen molar-refractivity contribution in [3.63, 3.8) is 0 Å². The normalized spacial score (nSPS) is 9.76. The van der Waals surface area contributed by atoms with Crippen LogP contribution in [0.2, 0.25) is 0 Å². The Morgan fingerprint density at radius 1 is 1.41 bits per heavy atom. The molecule has 0 aliphatic carbocycles. The van der Waals surface area contributed by atoms with Crippen molar-refractivity contribution in [2.75, 3.05) is 7.11 Å². The minimum atomic E-state index is 0.142. The van der Waals surface area contributed by atoms with Crippen molar-refractivity contribution in [2.24, 2.45) is 4.99 Å². The van der Waals surface area contributed by atoms with Crippen LogP contribution < -0.4 is 4.74 Å². The number of rotatable bonds is 3. The van der Waals surface area contributed by atoms with E-state index in [-0.39, 0.29) is 5.88 Å². The zero-order valence-electron chi connectivity index (χ0n) is 9.43. The number of aromatic nitrogens is 1. The minimum Gasteiger partial charge on any atom is -0.496 e. The van der Waals surface area contributed by atoms with Crippen LogP contribution in [0.15, 0.2) is 33.8 Å². The topological polar surface area (TPSA) is 64.7 Å². The summed E-state index contributed by atoms with van der Waals surface area (Å²) in [4.78, 5) is 13.4. The Morgan fingerprint density at radius 2 is 2.24 bits per heavy atom. The van der Waals surface area contributed by atoms with Crippen LogP contribution in [-0.2, 0) is 4.79 Å². The first-order valence-corrected chi connectivity index (χ1v) is 4.94. The molecule has 17 heavy (non-hydrogen) atoms. The fraction of sp³-hybridized carbons (Fsp3) is 0.167. The fourth-order valence-electron chi connectivity index (χ4n) is 1.54. The van der Waals surface area contributed by atoms with E-state index in [1.165, 1.54) is 6.08 Å². The van der Waals surface area contributed by atoms with Crippen LogP contribution in [-0.4, -0.2) is 18.3 Å². The molecule has 1 aromatic heterocycles. The lowest BCUT2D eigenvalue weighted by atomic mass is 10.1. The van der Waals surface area contributed by atoms with Crippen molar-refractivity contribution < 1.29 is 14.1 Å². The number of nitrogens with zero attached hydrogens (tertiary/aromatic N) is 2. The highest BCUT2D eigenvalue weighted by atomic mass is 16.5. The molecule has 0 saturated heterocycles. The highest BCUT2D eigenvalue weighted by molar-refractivity contribution is 5.64. The smallest absolute Gasteiger partial charge is 0.261 e. The van der Waals surface area contributed by atoms with Crippen molar-refractivity contribution in [1.82, 2.24) is 5.16 Å². The van der Waals surface area contributed by atoms with Gasteiger partial charge in [0.1, 0.15) is 11.4 Å². The van der Waals surface area contributed by atoms with E-state index in [1.54, 1.807) is 13.2 Å². The van der Waals surface area contributed by atoms with Crippen LogP contribution in [0.3, 0.4) is 0 Å². The Morgan fingerprint density at radius 3 is 2.88 bits per heavy atom. The van der Waals surface area contributed by atoms with Crippen LogP contribution in [0.25, 0.3) is 11.3 Å². The molecule has 86 valence electrons. The molecule has 0 aliphatic rings. The van der Waals surface area contributed by atoms with Gasteiger partial charge < -0.3 is 9.26 Å². The molecule has 0 aliphatic heterocycles. The van der Waals surface area contributed by atoms with Crippen molar-refractivity contribution in [2.45, 2.75) is 6.92 Å². The molecule has 5 heteroatoms. The zero-order valence-corrected chi connectivity index (χ0v) is 9.43. The number of isocyanates is 1. The van der Waals surface area contributed by atoms with Gasteiger partial charge in [0.25, 0.3) is 5.88 Å². The van der Waals surface area contributed by atoms with Crippen LogP contribution >= 0.6 is 0 Å². The van der Waals surface area contributed by atoms with Crippen LogP contribution in [0.1, 0.15) is 5.56 Å². The monoisotopic (exact) mass is 230 g/mol. The van der Waals surface area contributed by atoms with E-state index in [0.29, 0.717) is 5.69 Å². The van der Waals surface area contributed by atoms with Gasteiger partial charge in [0.15, 0.2) is 0 Å². The number of ether oxygens (including phenoxy) is 1. The number of aryl methyl sites for hydroxylation is 1. The van der Waals surface area contributed by atoms with Crippen LogP contribution in [0, 0.1) is 6.92 Å². The second-order valence-electron chi connectivity index (χ2n) is 3.44. The Kier molecular flexibility index (Phi) is 3.03. The van der Waals surface area contributed by atoms with Gasteiger partial charge in [-0.3, -0.25) is 0 Å². The highest BCUT2D eigenvalue weighted by Gasteiger charge is 2.07. The summed E-state index contributed by atoms with van der Waals surface area (Å²) >= 11 is 0. The van der Waals surface area contributed by atoms with E-state index < -0.39 is 0 Å². The standard InChI is InChI=1S/C12H10N2O3/c1-8-5-9(3-4-11(8)16-2)10-6-12(13-7-15)17-14-10/h3-6H,1-2H3. The summed E-state index contributed by atoms with van der Waals surface area (Å²) in [5.41, 5.74) is 2.48. The van der Waals surface area contributed by atoms with E-state index in [4.69, 9.17) is 9.26 Å². The fourth-order valence-corrected chi connectivity index (χ4v) is 1.54. The Labute approximate surface area is 97.7 Å². The molecule has 5 nitrogen and oxygen atoms in total. The van der Waals surface area contributed by atoms with E-state index >= 15 is 0 Å². The predicted octanol–water partition coefficient (Wildman–Crippen LogP) is 2.63. The van der Waals surface area contributed by atoms with Gasteiger partial charge >= 0.3 is 0 Å². The maximum absolute atomic E-state index is 10.1. The van der Waals surface area contributed by atoms with Gasteiger partial charge in [0.2, 0.25) is 6.08 Å². The Balaban J connectivity index is 2.38. The van der Waals surface area contributed by atoms with Gasteiger partial charge in [-0.15, -0.1) is 4.99 Å². The maximum atomic E-state index is 10.1. The molecule has 0 spiro atoms. The third-order valence-corrected chi connectivity index (χ3v) is 2.34. The first kappa shape index (κ1) is 11.1. The number of hydrogen-bond acceptors (Lipinski definition) is 5. The van der Waals surface area contributed by atoms with Crippen LogP contribution in [0.4, 0.5) is 5.88 Å². The zero-order chi connectivity index (χ0) is 12.3. The first-order valence-electron chi connectivity index (χ1n) is 4.94. The van der Waals surface area contributed by atoms with Crippen LogP contribution in [0.5, 0.6) is 5.75 Å². The molecule has 0 bridgehead atoms. The average Bonchev–Trinajstić information content (AvgIpc) is 2.78. The molecule has 2 aromatic rings. The summed E-state index contributed by atoms with van der Waals surface area (Å²) in [6, 6.07) is 7.21. The molecule has 0 saturated carbocycles. The van der Waals surface area contributed by atoms with Gasteiger partial charge in [-0.2, -0.15) is 0 Å². The van der Waals surface area contributed by atoms with E-state index in [2.05, 4.69) is 10.1 Å². The van der Waals surface area contributed by atoms with Gasteiger partial charge in [-0.1, -0.05) is 5.16 Å². The Hall–Kier alpha value is -2.39. The molecule has 1 heterocycles. The number of methoxy groups -OCH3 is 1. The van der Waals surface area contributed by atoms with Crippen molar-refractivity contribution in [3.05, 3.63) is 29.8 Å². The SMILES string of the molecule is COc1ccc(-c2cc(N=C=O)on2)cc1C. The third kappa shape index (κ3) is 2.24. The molecular weight excluding hydrogens is 220 g/mol. The van der Waals surface area contributed by atoms with Gasteiger partial charge in [0.05, 0.1) is 7.11 Å². The summed E-state index contributed by atoms with van der Waals surface area (Å²) < 4.78 is 10.0. The van der Waals surface area contributed by atoms with E-state index in [9.17, 15) is 4.79 Å². The summed E-state index contributed by atoms with van der Waals surface area (Å²) in [6.07, 6.45) is 1.40. The van der Waals surface area contributed by atoms with E-state index in [1.807, 2.05) is 25.1 Å². The molecule has 0 N–H and O–H groups in total. The second kappa shape index (κ2) is 4.63. The Bertz CT molecular complexity index is 583. The lowest BCUT2D eigenvalue weighted by molar-refractivity contribution is 0.411. The number of benzene rings is 1. The lowest BCUT2D eigenvalue weighted by Gasteiger charge is -2.04. The summed E-state index contributed by atoms with van der Waals surface area (Å²) in [6.45, 7) is 1.94. The van der Waals surface area contributed by atoms with Gasteiger partial charge in [-0.25, -0.2) is 4.79 Å². The van der Waals surface area contributed by atoms with E-state index in [0.717, 1.165) is 16.9 Å². The average molecular weight is 230 g/mol. The third-order valence-electron chi connectivity index (χ3n) is 2.34. The number of carbonyl (C=O) groups excluding carboxylic acids is 1. The molecule has 0 atom stereocenters. The molecule has 0 radical (unpaired) electrons. The molecule has 0 unspecified atom stereocenters. The van der Waals surface area contributed by atoms with Crippen molar-refractivity contribution in [1.29, 1.82) is 0 Å². The van der Waals surface area contributed by atoms with Crippen molar-refractivity contribution in [3.8, 4) is 17.0 Å². The molecule has 0 amide bonds. The highest BCUT2D eigenvalue weighted by Crippen LogP contribution is 2.27. The number of aliphatic imine (C=N–C) groups is 1. The summed E-state index contributed by atoms with van der Waals surface area (Å²) in [5, 5.41) is 3.81. The molecular formula is C12H10N2O3. The first-order chi connectivity index (χ1) is 8.24. The molecule has 2 rings (SSSR count). The van der Waals surface area contributed by atoms with Crippen molar-refractivity contribution >= 4 is 12.0 Å². The maximum Gasteiger partial charge on any atom is 0.261 e. The minimum absolute atomic E-state index is 0.142. The molecule has 0 fully saturated rings.